The Bertz CT molecular complexity index is 505. The van der Waals surface area contributed by atoms with Gasteiger partial charge in [0.05, 0.1) is 19.2 Å². The van der Waals surface area contributed by atoms with Crippen LogP contribution in [0.25, 0.3) is 0 Å². The molecule has 0 radical (unpaired) electrons. The first kappa shape index (κ1) is 11.5. The van der Waals surface area contributed by atoms with Crippen LogP contribution in [0.15, 0.2) is 12.1 Å². The second-order valence-corrected chi connectivity index (χ2v) is 5.30. The van der Waals surface area contributed by atoms with Crippen LogP contribution < -0.4 is 15.4 Å². The van der Waals surface area contributed by atoms with Gasteiger partial charge in [-0.15, -0.1) is 0 Å². The molecule has 0 aromatic heterocycles. The topological polar surface area (TPSA) is 50.4 Å². The highest BCUT2D eigenvalue weighted by Gasteiger charge is 2.33. The molecule has 2 N–H and O–H groups in total. The maximum absolute atomic E-state index is 11.5. The number of fused-ring (bicyclic) bond motifs is 1. The quantitative estimate of drug-likeness (QED) is 0.836. The van der Waals surface area contributed by atoms with Crippen molar-refractivity contribution in [2.75, 3.05) is 19.0 Å². The predicted molar refractivity (Wildman–Crippen MR) is 69.9 cm³/mol. The van der Waals surface area contributed by atoms with Crippen molar-refractivity contribution in [3.05, 3.63) is 23.3 Å². The molecule has 96 valence electrons. The number of benzene rings is 1. The molecular weight excluding hydrogens is 228 g/mol. The summed E-state index contributed by atoms with van der Waals surface area (Å²) in [4.78, 5) is 11.5. The average Bonchev–Trinajstić information content (AvgIpc) is 2.93. The second-order valence-electron chi connectivity index (χ2n) is 5.30. The Labute approximate surface area is 107 Å². The Morgan fingerprint density at radius 3 is 2.89 bits per heavy atom. The highest BCUT2D eigenvalue weighted by Crippen LogP contribution is 2.39. The van der Waals surface area contributed by atoms with E-state index in [4.69, 9.17) is 4.74 Å². The minimum Gasteiger partial charge on any atom is -0.495 e. The summed E-state index contributed by atoms with van der Waals surface area (Å²) in [7, 11) is 1.65. The zero-order valence-corrected chi connectivity index (χ0v) is 10.8. The first-order valence-electron chi connectivity index (χ1n) is 6.39. The van der Waals surface area contributed by atoms with E-state index in [0.717, 1.165) is 30.0 Å². The van der Waals surface area contributed by atoms with Crippen molar-refractivity contribution in [3.63, 3.8) is 0 Å². The fourth-order valence-electron chi connectivity index (χ4n) is 2.93. The summed E-state index contributed by atoms with van der Waals surface area (Å²) in [6.07, 6.45) is 2.76. The fourth-order valence-corrected chi connectivity index (χ4v) is 2.93. The molecule has 2 aliphatic heterocycles. The van der Waals surface area contributed by atoms with Crippen LogP contribution in [0.2, 0.25) is 0 Å². The molecule has 1 atom stereocenters. The summed E-state index contributed by atoms with van der Waals surface area (Å²) in [5, 5.41) is 6.40. The minimum atomic E-state index is 0.00788. The Balaban J connectivity index is 2.08. The zero-order valence-electron chi connectivity index (χ0n) is 10.8. The number of nitrogens with one attached hydrogen (secondary N) is 2. The molecule has 1 unspecified atom stereocenters. The molecule has 0 bridgehead atoms. The van der Waals surface area contributed by atoms with Gasteiger partial charge in [0.15, 0.2) is 0 Å². The normalized spacial score (nSPS) is 26.0. The van der Waals surface area contributed by atoms with Gasteiger partial charge in [-0.2, -0.15) is 0 Å². The maximum atomic E-state index is 11.5. The van der Waals surface area contributed by atoms with Gasteiger partial charge in [-0.25, -0.2) is 0 Å². The van der Waals surface area contributed by atoms with E-state index in [9.17, 15) is 4.79 Å². The smallest absolute Gasteiger partial charge is 0.228 e. The molecule has 3 rings (SSSR count). The van der Waals surface area contributed by atoms with E-state index in [2.05, 4.69) is 23.6 Å². The van der Waals surface area contributed by atoms with Crippen LogP contribution in [0.5, 0.6) is 5.75 Å². The van der Waals surface area contributed by atoms with Gasteiger partial charge in [0.1, 0.15) is 5.75 Å². The third-order valence-electron chi connectivity index (χ3n) is 4.03. The Hall–Kier alpha value is -1.55. The molecule has 0 aliphatic carbocycles. The standard InChI is InChI=1S/C14H18N2O2/c1-14(4-3-5-15-14)10-6-9-7-12(17)16-13(9)11(8-10)18-2/h6,8,15H,3-5,7H2,1-2H3,(H,16,17). The lowest BCUT2D eigenvalue weighted by atomic mass is 9.88. The van der Waals surface area contributed by atoms with Crippen molar-refractivity contribution in [1.82, 2.24) is 5.32 Å². The molecule has 1 aromatic rings. The van der Waals surface area contributed by atoms with Gasteiger partial charge in [-0.05, 0) is 43.5 Å². The van der Waals surface area contributed by atoms with Gasteiger partial charge in [-0.3, -0.25) is 4.79 Å². The Kier molecular flexibility index (Phi) is 2.55. The number of amides is 1. The van der Waals surface area contributed by atoms with Crippen LogP contribution in [-0.4, -0.2) is 19.6 Å². The van der Waals surface area contributed by atoms with Crippen molar-refractivity contribution >= 4 is 11.6 Å². The van der Waals surface area contributed by atoms with Gasteiger partial charge in [-0.1, -0.05) is 6.07 Å². The highest BCUT2D eigenvalue weighted by molar-refractivity contribution is 6.01. The summed E-state index contributed by atoms with van der Waals surface area (Å²) in [5.41, 5.74) is 3.11. The van der Waals surface area contributed by atoms with Crippen molar-refractivity contribution < 1.29 is 9.53 Å². The number of hydrogen-bond donors (Lipinski definition) is 2. The van der Waals surface area contributed by atoms with Crippen LogP contribution in [0.4, 0.5) is 5.69 Å². The molecular formula is C14H18N2O2. The summed E-state index contributed by atoms with van der Waals surface area (Å²) in [6.45, 7) is 3.26. The third kappa shape index (κ3) is 1.68. The fraction of sp³-hybridized carbons (Fsp3) is 0.500. The highest BCUT2D eigenvalue weighted by atomic mass is 16.5. The van der Waals surface area contributed by atoms with Crippen LogP contribution in [0.1, 0.15) is 30.9 Å². The van der Waals surface area contributed by atoms with E-state index in [1.807, 2.05) is 6.07 Å². The van der Waals surface area contributed by atoms with Gasteiger partial charge in [0.2, 0.25) is 5.91 Å². The summed E-state index contributed by atoms with van der Waals surface area (Å²) in [5.74, 6) is 0.813. The number of anilines is 1. The largest absolute Gasteiger partial charge is 0.495 e. The summed E-state index contributed by atoms with van der Waals surface area (Å²) < 4.78 is 5.41. The zero-order chi connectivity index (χ0) is 12.8. The molecule has 18 heavy (non-hydrogen) atoms. The molecule has 2 heterocycles. The van der Waals surface area contributed by atoms with Gasteiger partial charge in [0, 0.05) is 5.54 Å². The van der Waals surface area contributed by atoms with Crippen molar-refractivity contribution in [1.29, 1.82) is 0 Å². The van der Waals surface area contributed by atoms with Crippen molar-refractivity contribution in [3.8, 4) is 5.75 Å². The van der Waals surface area contributed by atoms with E-state index in [0.29, 0.717) is 6.42 Å². The average molecular weight is 246 g/mol. The molecule has 0 saturated carbocycles. The molecule has 0 spiro atoms. The number of ether oxygens (including phenoxy) is 1. The lowest BCUT2D eigenvalue weighted by Crippen LogP contribution is -2.33. The lowest BCUT2D eigenvalue weighted by molar-refractivity contribution is -0.115. The van der Waals surface area contributed by atoms with E-state index in [1.165, 1.54) is 12.0 Å². The third-order valence-corrected chi connectivity index (χ3v) is 4.03. The molecule has 1 saturated heterocycles. The van der Waals surface area contributed by atoms with E-state index < -0.39 is 0 Å². The van der Waals surface area contributed by atoms with Crippen molar-refractivity contribution in [2.45, 2.75) is 31.7 Å². The molecule has 4 heteroatoms. The Morgan fingerprint density at radius 2 is 2.22 bits per heavy atom. The number of carbonyl (C=O) groups is 1. The number of hydrogen-bond acceptors (Lipinski definition) is 3. The molecule has 2 aliphatic rings. The molecule has 1 fully saturated rings. The van der Waals surface area contributed by atoms with Gasteiger partial charge >= 0.3 is 0 Å². The Morgan fingerprint density at radius 1 is 1.39 bits per heavy atom. The van der Waals surface area contributed by atoms with Crippen LogP contribution in [0, 0.1) is 0 Å². The maximum Gasteiger partial charge on any atom is 0.228 e. The van der Waals surface area contributed by atoms with Gasteiger partial charge in [0.25, 0.3) is 0 Å². The molecule has 4 nitrogen and oxygen atoms in total. The first-order valence-corrected chi connectivity index (χ1v) is 6.39. The van der Waals surface area contributed by atoms with Crippen LogP contribution >= 0.6 is 0 Å². The SMILES string of the molecule is COc1cc(C2(C)CCCN2)cc2c1NC(=O)C2. The first-order chi connectivity index (χ1) is 8.62. The minimum absolute atomic E-state index is 0.00788. The van der Waals surface area contributed by atoms with E-state index in [-0.39, 0.29) is 11.4 Å². The van der Waals surface area contributed by atoms with Crippen molar-refractivity contribution in [2.24, 2.45) is 0 Å². The van der Waals surface area contributed by atoms with E-state index in [1.54, 1.807) is 7.11 Å². The predicted octanol–water partition coefficient (Wildman–Crippen LogP) is 1.79. The second kappa shape index (κ2) is 3.99. The van der Waals surface area contributed by atoms with Crippen LogP contribution in [0.3, 0.4) is 0 Å². The number of rotatable bonds is 2. The van der Waals surface area contributed by atoms with Crippen LogP contribution in [-0.2, 0) is 16.8 Å². The number of methoxy groups -OCH3 is 1. The molecule has 1 aromatic carbocycles. The number of carbonyl (C=O) groups excluding carboxylic acids is 1. The lowest BCUT2D eigenvalue weighted by Gasteiger charge is -2.26. The van der Waals surface area contributed by atoms with Gasteiger partial charge < -0.3 is 15.4 Å². The summed E-state index contributed by atoms with van der Waals surface area (Å²) >= 11 is 0. The monoisotopic (exact) mass is 246 g/mol. The summed E-state index contributed by atoms with van der Waals surface area (Å²) in [6, 6.07) is 4.18. The van der Waals surface area contributed by atoms with E-state index >= 15 is 0 Å². The molecule has 1 amide bonds.